The topological polar surface area (TPSA) is 55.1 Å². The molecular formula is C15H12F2N2OS. The molecular weight excluding hydrogens is 294 g/mol. The maximum absolute atomic E-state index is 13.2. The van der Waals surface area contributed by atoms with E-state index in [4.69, 9.17) is 5.73 Å². The first kappa shape index (κ1) is 14.0. The lowest BCUT2D eigenvalue weighted by Gasteiger charge is -2.10. The van der Waals surface area contributed by atoms with Gasteiger partial charge in [-0.1, -0.05) is 12.1 Å². The van der Waals surface area contributed by atoms with Crippen molar-refractivity contribution in [3.05, 3.63) is 59.2 Å². The number of rotatable bonds is 2. The molecule has 1 aliphatic rings. The van der Waals surface area contributed by atoms with Crippen LogP contribution in [0.2, 0.25) is 0 Å². The van der Waals surface area contributed by atoms with E-state index in [1.54, 1.807) is 12.1 Å². The Morgan fingerprint density at radius 3 is 2.81 bits per heavy atom. The van der Waals surface area contributed by atoms with Crippen LogP contribution >= 0.6 is 11.8 Å². The summed E-state index contributed by atoms with van der Waals surface area (Å²) in [5, 5.41) is 2.57. The molecule has 6 heteroatoms. The van der Waals surface area contributed by atoms with E-state index in [1.807, 2.05) is 6.07 Å². The molecule has 2 aromatic carbocycles. The smallest absolute Gasteiger partial charge is 0.256 e. The molecule has 0 fully saturated rings. The highest BCUT2D eigenvalue weighted by molar-refractivity contribution is 7.99. The molecule has 1 unspecified atom stereocenters. The van der Waals surface area contributed by atoms with Crippen LogP contribution in [0.1, 0.15) is 22.0 Å². The van der Waals surface area contributed by atoms with Crippen LogP contribution in [0.15, 0.2) is 41.3 Å². The summed E-state index contributed by atoms with van der Waals surface area (Å²) in [4.78, 5) is 13.1. The summed E-state index contributed by atoms with van der Waals surface area (Å²) in [6.45, 7) is 0. The van der Waals surface area contributed by atoms with Gasteiger partial charge in [0.25, 0.3) is 5.91 Å². The second-order valence-corrected chi connectivity index (χ2v) is 5.75. The summed E-state index contributed by atoms with van der Waals surface area (Å²) in [7, 11) is 0. The molecule has 0 aliphatic carbocycles. The van der Waals surface area contributed by atoms with Gasteiger partial charge in [-0.05, 0) is 23.8 Å². The third-order valence-electron chi connectivity index (χ3n) is 3.27. The number of hydrogen-bond donors (Lipinski definition) is 2. The average molecular weight is 306 g/mol. The van der Waals surface area contributed by atoms with E-state index in [2.05, 4.69) is 5.32 Å². The lowest BCUT2D eigenvalue weighted by atomic mass is 10.1. The minimum Gasteiger partial charge on any atom is -0.323 e. The summed E-state index contributed by atoms with van der Waals surface area (Å²) >= 11 is 1.53. The number of thioether (sulfide) groups is 1. The normalized spacial score (nSPS) is 16.6. The minimum absolute atomic E-state index is 0.0824. The maximum atomic E-state index is 13.2. The van der Waals surface area contributed by atoms with E-state index in [0.717, 1.165) is 28.3 Å². The first-order chi connectivity index (χ1) is 10.1. The van der Waals surface area contributed by atoms with E-state index in [9.17, 15) is 13.6 Å². The van der Waals surface area contributed by atoms with Crippen molar-refractivity contribution in [3.63, 3.8) is 0 Å². The minimum atomic E-state index is -0.998. The van der Waals surface area contributed by atoms with E-state index in [1.165, 1.54) is 17.8 Å². The Balaban J connectivity index is 1.88. The van der Waals surface area contributed by atoms with Crippen molar-refractivity contribution in [1.29, 1.82) is 0 Å². The van der Waals surface area contributed by atoms with Gasteiger partial charge in [-0.2, -0.15) is 0 Å². The largest absolute Gasteiger partial charge is 0.323 e. The summed E-state index contributed by atoms with van der Waals surface area (Å²) in [5.41, 5.74) is 7.61. The van der Waals surface area contributed by atoms with Crippen molar-refractivity contribution in [2.45, 2.75) is 10.9 Å². The van der Waals surface area contributed by atoms with Crippen LogP contribution in [0.4, 0.5) is 14.5 Å². The van der Waals surface area contributed by atoms with Crippen molar-refractivity contribution >= 4 is 23.4 Å². The second-order valence-electron chi connectivity index (χ2n) is 4.72. The Kier molecular flexibility index (Phi) is 3.65. The molecule has 3 rings (SSSR count). The highest BCUT2D eigenvalue weighted by atomic mass is 32.2. The van der Waals surface area contributed by atoms with Crippen LogP contribution in [0.25, 0.3) is 0 Å². The van der Waals surface area contributed by atoms with Gasteiger partial charge in [0, 0.05) is 28.4 Å². The molecule has 2 aromatic rings. The molecule has 0 spiro atoms. The van der Waals surface area contributed by atoms with Gasteiger partial charge in [-0.15, -0.1) is 11.8 Å². The number of hydrogen-bond acceptors (Lipinski definition) is 3. The van der Waals surface area contributed by atoms with Gasteiger partial charge in [0.1, 0.15) is 0 Å². The van der Waals surface area contributed by atoms with Crippen LogP contribution in [0, 0.1) is 11.6 Å². The first-order valence-electron chi connectivity index (χ1n) is 6.34. The standard InChI is InChI=1S/C15H12F2N2OS/c16-11-5-4-8(6-12(11)17)19-15(20)10-3-1-2-9-13(18)7-21-14(9)10/h1-6,13H,7,18H2,(H,19,20). The molecule has 108 valence electrons. The molecule has 21 heavy (non-hydrogen) atoms. The zero-order chi connectivity index (χ0) is 15.0. The third kappa shape index (κ3) is 2.64. The number of carbonyl (C=O) groups excluding carboxylic acids is 1. The highest BCUT2D eigenvalue weighted by Gasteiger charge is 2.24. The number of anilines is 1. The summed E-state index contributed by atoms with van der Waals surface area (Å²) in [6.07, 6.45) is 0. The van der Waals surface area contributed by atoms with E-state index in [0.29, 0.717) is 5.56 Å². The van der Waals surface area contributed by atoms with Crippen molar-refractivity contribution in [2.75, 3.05) is 11.1 Å². The van der Waals surface area contributed by atoms with Gasteiger partial charge in [-0.25, -0.2) is 8.78 Å². The molecule has 3 nitrogen and oxygen atoms in total. The molecule has 0 radical (unpaired) electrons. The van der Waals surface area contributed by atoms with E-state index < -0.39 is 11.6 Å². The quantitative estimate of drug-likeness (QED) is 0.895. The Labute approximate surface area is 124 Å². The number of amides is 1. The van der Waals surface area contributed by atoms with E-state index in [-0.39, 0.29) is 17.6 Å². The number of carbonyl (C=O) groups is 1. The molecule has 1 heterocycles. The van der Waals surface area contributed by atoms with Crippen LogP contribution in [-0.4, -0.2) is 11.7 Å². The highest BCUT2D eigenvalue weighted by Crippen LogP contribution is 2.39. The fourth-order valence-corrected chi connectivity index (χ4v) is 3.45. The fourth-order valence-electron chi connectivity index (χ4n) is 2.22. The third-order valence-corrected chi connectivity index (χ3v) is 4.54. The molecule has 0 saturated carbocycles. The van der Waals surface area contributed by atoms with Crippen LogP contribution in [-0.2, 0) is 0 Å². The Morgan fingerprint density at radius 2 is 2.05 bits per heavy atom. The van der Waals surface area contributed by atoms with Gasteiger partial charge in [0.05, 0.1) is 5.56 Å². The number of nitrogens with two attached hydrogens (primary N) is 1. The zero-order valence-corrected chi connectivity index (χ0v) is 11.7. The SMILES string of the molecule is NC1CSc2c(C(=O)Nc3ccc(F)c(F)c3)cccc21. The van der Waals surface area contributed by atoms with Crippen LogP contribution in [0.3, 0.4) is 0 Å². The van der Waals surface area contributed by atoms with Gasteiger partial charge >= 0.3 is 0 Å². The zero-order valence-electron chi connectivity index (χ0n) is 10.9. The lowest BCUT2D eigenvalue weighted by Crippen LogP contribution is -2.14. The molecule has 1 atom stereocenters. The number of halogens is 2. The molecule has 0 aromatic heterocycles. The fraction of sp³-hybridized carbons (Fsp3) is 0.133. The lowest BCUT2D eigenvalue weighted by molar-refractivity contribution is 0.102. The van der Waals surface area contributed by atoms with Crippen LogP contribution in [0.5, 0.6) is 0 Å². The molecule has 0 saturated heterocycles. The number of fused-ring (bicyclic) bond motifs is 1. The Bertz CT molecular complexity index is 721. The van der Waals surface area contributed by atoms with Gasteiger partial charge in [0.2, 0.25) is 0 Å². The van der Waals surface area contributed by atoms with Crippen molar-refractivity contribution < 1.29 is 13.6 Å². The number of nitrogens with one attached hydrogen (secondary N) is 1. The van der Waals surface area contributed by atoms with Crippen molar-refractivity contribution in [3.8, 4) is 0 Å². The molecule has 3 N–H and O–H groups in total. The Morgan fingerprint density at radius 1 is 1.24 bits per heavy atom. The van der Waals surface area contributed by atoms with Gasteiger partial charge < -0.3 is 11.1 Å². The van der Waals surface area contributed by atoms with Crippen molar-refractivity contribution in [1.82, 2.24) is 0 Å². The van der Waals surface area contributed by atoms with Gasteiger partial charge in [-0.3, -0.25) is 4.79 Å². The summed E-state index contributed by atoms with van der Waals surface area (Å²) in [6, 6.07) is 8.53. The second kappa shape index (κ2) is 5.46. The Hall–Kier alpha value is -1.92. The first-order valence-corrected chi connectivity index (χ1v) is 7.32. The monoisotopic (exact) mass is 306 g/mol. The summed E-state index contributed by atoms with van der Waals surface area (Å²) < 4.78 is 26.0. The number of benzene rings is 2. The predicted molar refractivity (Wildman–Crippen MR) is 78.4 cm³/mol. The van der Waals surface area contributed by atoms with Crippen LogP contribution < -0.4 is 11.1 Å². The summed E-state index contributed by atoms with van der Waals surface area (Å²) in [5.74, 6) is -1.58. The molecule has 0 bridgehead atoms. The van der Waals surface area contributed by atoms with E-state index >= 15 is 0 Å². The molecule has 1 aliphatic heterocycles. The average Bonchev–Trinajstić information content (AvgIpc) is 2.85. The maximum Gasteiger partial charge on any atom is 0.256 e. The predicted octanol–water partition coefficient (Wildman–Crippen LogP) is 3.32. The molecule has 1 amide bonds. The van der Waals surface area contributed by atoms with Gasteiger partial charge in [0.15, 0.2) is 11.6 Å². The van der Waals surface area contributed by atoms with Crippen molar-refractivity contribution in [2.24, 2.45) is 5.73 Å².